The third-order valence-electron chi connectivity index (χ3n) is 3.07. The van der Waals surface area contributed by atoms with Crippen LogP contribution < -0.4 is 10.1 Å². The van der Waals surface area contributed by atoms with E-state index in [1.54, 1.807) is 0 Å². The van der Waals surface area contributed by atoms with Gasteiger partial charge < -0.3 is 10.1 Å². The molecule has 1 N–H and O–H groups in total. The zero-order valence-corrected chi connectivity index (χ0v) is 14.4. The minimum absolute atomic E-state index is 0.126. The van der Waals surface area contributed by atoms with Crippen LogP contribution in [0, 0.1) is 0 Å². The Kier molecular flexibility index (Phi) is 7.49. The smallest absolute Gasteiger partial charge is 0.147 e. The Bertz CT molecular complexity index is 546. The van der Waals surface area contributed by atoms with Crippen molar-refractivity contribution in [1.29, 1.82) is 0 Å². The summed E-state index contributed by atoms with van der Waals surface area (Å²) in [5, 5.41) is 3.95. The maximum atomic E-state index is 11.0. The number of sulfone groups is 1. The minimum Gasteiger partial charge on any atom is -0.492 e. The van der Waals surface area contributed by atoms with Crippen molar-refractivity contribution in [3.63, 3.8) is 0 Å². The Morgan fingerprint density at radius 1 is 1.38 bits per heavy atom. The van der Waals surface area contributed by atoms with Crippen molar-refractivity contribution in [2.45, 2.75) is 32.7 Å². The molecule has 4 nitrogen and oxygen atoms in total. The van der Waals surface area contributed by atoms with E-state index in [1.807, 2.05) is 18.2 Å². The van der Waals surface area contributed by atoms with E-state index in [9.17, 15) is 8.42 Å². The van der Waals surface area contributed by atoms with Gasteiger partial charge in [0.05, 0.1) is 17.4 Å². The monoisotopic (exact) mass is 333 g/mol. The van der Waals surface area contributed by atoms with Crippen LogP contribution in [-0.2, 0) is 9.84 Å². The lowest BCUT2D eigenvalue weighted by molar-refractivity contribution is 0.318. The van der Waals surface area contributed by atoms with Gasteiger partial charge in [0.1, 0.15) is 15.6 Å². The molecule has 1 aromatic carbocycles. The predicted octanol–water partition coefficient (Wildman–Crippen LogP) is 3.21. The molecule has 6 heteroatoms. The molecule has 0 amide bonds. The van der Waals surface area contributed by atoms with Crippen molar-refractivity contribution in [3.05, 3.63) is 28.8 Å². The number of benzene rings is 1. The predicted molar refractivity (Wildman–Crippen MR) is 88.0 cm³/mol. The van der Waals surface area contributed by atoms with Crippen molar-refractivity contribution in [3.8, 4) is 5.75 Å². The average Bonchev–Trinajstić information content (AvgIpc) is 2.41. The normalized spacial score (nSPS) is 13.1. The molecule has 0 aromatic heterocycles. The van der Waals surface area contributed by atoms with Gasteiger partial charge in [0.2, 0.25) is 0 Å². The van der Waals surface area contributed by atoms with E-state index < -0.39 is 9.84 Å². The summed E-state index contributed by atoms with van der Waals surface area (Å²) in [5.74, 6) is 0.720. The number of hydrogen-bond acceptors (Lipinski definition) is 4. The van der Waals surface area contributed by atoms with E-state index in [0.717, 1.165) is 18.5 Å². The lowest BCUT2D eigenvalue weighted by Crippen LogP contribution is -2.19. The van der Waals surface area contributed by atoms with Gasteiger partial charge in [-0.05, 0) is 44.0 Å². The van der Waals surface area contributed by atoms with Crippen LogP contribution >= 0.6 is 11.6 Å². The fourth-order valence-corrected chi connectivity index (χ4v) is 2.77. The van der Waals surface area contributed by atoms with Gasteiger partial charge in [-0.1, -0.05) is 24.6 Å². The Morgan fingerprint density at radius 3 is 2.67 bits per heavy atom. The number of nitrogens with one attached hydrogen (secondary N) is 1. The molecule has 1 rings (SSSR count). The highest BCUT2D eigenvalue weighted by Gasteiger charge is 2.09. The molecular weight excluding hydrogens is 310 g/mol. The quantitative estimate of drug-likeness (QED) is 0.705. The van der Waals surface area contributed by atoms with Crippen LogP contribution in [0.25, 0.3) is 0 Å². The molecule has 0 aliphatic rings. The van der Waals surface area contributed by atoms with Gasteiger partial charge in [-0.15, -0.1) is 0 Å². The van der Waals surface area contributed by atoms with Crippen LogP contribution in [0.1, 0.15) is 38.3 Å². The van der Waals surface area contributed by atoms with E-state index >= 15 is 0 Å². The van der Waals surface area contributed by atoms with Crippen LogP contribution in [-0.4, -0.2) is 33.6 Å². The van der Waals surface area contributed by atoms with E-state index in [0.29, 0.717) is 23.8 Å². The zero-order chi connectivity index (χ0) is 15.9. The first-order valence-corrected chi connectivity index (χ1v) is 9.60. The molecule has 0 aliphatic carbocycles. The molecule has 21 heavy (non-hydrogen) atoms. The number of rotatable bonds is 9. The first-order chi connectivity index (χ1) is 9.83. The molecule has 0 saturated heterocycles. The van der Waals surface area contributed by atoms with Gasteiger partial charge in [-0.25, -0.2) is 8.42 Å². The molecule has 0 aliphatic heterocycles. The Labute approximate surface area is 132 Å². The fourth-order valence-electron chi connectivity index (χ4n) is 1.89. The second-order valence-electron chi connectivity index (χ2n) is 5.20. The first-order valence-electron chi connectivity index (χ1n) is 7.17. The molecule has 120 valence electrons. The van der Waals surface area contributed by atoms with Crippen LogP contribution in [0.2, 0.25) is 5.02 Å². The first kappa shape index (κ1) is 18.3. The van der Waals surface area contributed by atoms with Crippen LogP contribution in [0.5, 0.6) is 5.75 Å². The minimum atomic E-state index is -2.94. The van der Waals surface area contributed by atoms with Crippen LogP contribution in [0.3, 0.4) is 0 Å². The Morgan fingerprint density at radius 2 is 2.10 bits per heavy atom. The van der Waals surface area contributed by atoms with E-state index in [1.165, 1.54) is 6.26 Å². The SMILES string of the molecule is CCCNC(C)c1ccc(OCCCS(C)(=O)=O)c(Cl)c1. The lowest BCUT2D eigenvalue weighted by Gasteiger charge is -2.15. The molecule has 0 radical (unpaired) electrons. The summed E-state index contributed by atoms with van der Waals surface area (Å²) in [6.07, 6.45) is 2.77. The van der Waals surface area contributed by atoms with Crippen molar-refractivity contribution < 1.29 is 13.2 Å². The standard InChI is InChI=1S/C15H24ClNO3S/c1-4-8-17-12(2)13-6-7-15(14(16)11-13)20-9-5-10-21(3,18)19/h6-7,11-12,17H,4-5,8-10H2,1-3H3. The topological polar surface area (TPSA) is 55.4 Å². The highest BCUT2D eigenvalue weighted by atomic mass is 35.5. The maximum absolute atomic E-state index is 11.0. The molecule has 1 aromatic rings. The van der Waals surface area contributed by atoms with Crippen molar-refractivity contribution in [1.82, 2.24) is 5.32 Å². The number of ether oxygens (including phenoxy) is 1. The second-order valence-corrected chi connectivity index (χ2v) is 7.86. The van der Waals surface area contributed by atoms with Gasteiger partial charge in [-0.3, -0.25) is 0 Å². The van der Waals surface area contributed by atoms with E-state index in [4.69, 9.17) is 16.3 Å². The van der Waals surface area contributed by atoms with Gasteiger partial charge in [0.15, 0.2) is 0 Å². The summed E-state index contributed by atoms with van der Waals surface area (Å²) in [5.41, 5.74) is 1.11. The van der Waals surface area contributed by atoms with Gasteiger partial charge in [0, 0.05) is 12.3 Å². The molecular formula is C15H24ClNO3S. The zero-order valence-electron chi connectivity index (χ0n) is 12.9. The van der Waals surface area contributed by atoms with Crippen LogP contribution in [0.4, 0.5) is 0 Å². The number of hydrogen-bond donors (Lipinski definition) is 1. The van der Waals surface area contributed by atoms with Gasteiger partial charge in [-0.2, -0.15) is 0 Å². The third kappa shape index (κ3) is 7.16. The summed E-state index contributed by atoms with van der Waals surface area (Å²) >= 11 is 6.21. The highest BCUT2D eigenvalue weighted by Crippen LogP contribution is 2.28. The second kappa shape index (κ2) is 8.61. The maximum Gasteiger partial charge on any atom is 0.147 e. The van der Waals surface area contributed by atoms with Crippen molar-refractivity contribution in [2.24, 2.45) is 0 Å². The third-order valence-corrected chi connectivity index (χ3v) is 4.40. The summed E-state index contributed by atoms with van der Waals surface area (Å²) in [4.78, 5) is 0. The average molecular weight is 334 g/mol. The number of halogens is 1. The lowest BCUT2D eigenvalue weighted by atomic mass is 10.1. The van der Waals surface area contributed by atoms with Crippen molar-refractivity contribution >= 4 is 21.4 Å². The van der Waals surface area contributed by atoms with E-state index in [2.05, 4.69) is 19.2 Å². The fraction of sp³-hybridized carbons (Fsp3) is 0.600. The van der Waals surface area contributed by atoms with Gasteiger partial charge >= 0.3 is 0 Å². The summed E-state index contributed by atoms with van der Waals surface area (Å²) in [7, 11) is -2.94. The molecule has 0 spiro atoms. The highest BCUT2D eigenvalue weighted by molar-refractivity contribution is 7.90. The van der Waals surface area contributed by atoms with Gasteiger partial charge in [0.25, 0.3) is 0 Å². The molecule has 1 atom stereocenters. The Hall–Kier alpha value is -0.780. The molecule has 0 heterocycles. The largest absolute Gasteiger partial charge is 0.492 e. The van der Waals surface area contributed by atoms with Crippen molar-refractivity contribution in [2.75, 3.05) is 25.2 Å². The van der Waals surface area contributed by atoms with E-state index in [-0.39, 0.29) is 11.8 Å². The molecule has 0 saturated carbocycles. The summed E-state index contributed by atoms with van der Waals surface area (Å²) in [6, 6.07) is 5.94. The summed E-state index contributed by atoms with van der Waals surface area (Å²) in [6.45, 7) is 5.52. The molecule has 0 fully saturated rings. The Balaban J connectivity index is 2.54. The summed E-state index contributed by atoms with van der Waals surface area (Å²) < 4.78 is 27.6. The molecule has 0 bridgehead atoms. The molecule has 1 unspecified atom stereocenters. The van der Waals surface area contributed by atoms with Crippen LogP contribution in [0.15, 0.2) is 18.2 Å².